The topological polar surface area (TPSA) is 49.3 Å². The van der Waals surface area contributed by atoms with Gasteiger partial charge < -0.3 is 10.4 Å². The van der Waals surface area contributed by atoms with Crippen LogP contribution in [-0.2, 0) is 0 Å². The average molecular weight is 273 g/mol. The number of aromatic hydroxyl groups is 1. The predicted molar refractivity (Wildman–Crippen MR) is 79.0 cm³/mol. The number of phenols is 1. The van der Waals surface area contributed by atoms with Crippen molar-refractivity contribution < 1.29 is 9.90 Å². The smallest absolute Gasteiger partial charge is 0.256 e. The van der Waals surface area contributed by atoms with Crippen LogP contribution >= 0.6 is 11.8 Å². The van der Waals surface area contributed by atoms with E-state index < -0.39 is 0 Å². The number of amides is 1. The fourth-order valence-electron chi connectivity index (χ4n) is 1.77. The lowest BCUT2D eigenvalue weighted by Gasteiger charge is -2.09. The van der Waals surface area contributed by atoms with Crippen LogP contribution in [0.1, 0.15) is 15.9 Å². The van der Waals surface area contributed by atoms with Crippen molar-refractivity contribution in [3.05, 3.63) is 53.6 Å². The number of rotatable bonds is 3. The number of hydrogen-bond donors (Lipinski definition) is 2. The van der Waals surface area contributed by atoms with Gasteiger partial charge in [-0.3, -0.25) is 4.79 Å². The maximum atomic E-state index is 12.2. The number of phenolic OH excluding ortho intramolecular Hbond substituents is 1. The second-order valence-corrected chi connectivity index (χ2v) is 5.02. The molecule has 0 bridgehead atoms. The minimum absolute atomic E-state index is 0.130. The highest BCUT2D eigenvalue weighted by atomic mass is 32.2. The molecule has 2 rings (SSSR count). The Morgan fingerprint density at radius 3 is 2.68 bits per heavy atom. The zero-order valence-corrected chi connectivity index (χ0v) is 11.6. The van der Waals surface area contributed by atoms with Crippen molar-refractivity contribution >= 4 is 23.4 Å². The van der Waals surface area contributed by atoms with Gasteiger partial charge in [-0.15, -0.1) is 11.8 Å². The highest BCUT2D eigenvalue weighted by molar-refractivity contribution is 7.98. The van der Waals surface area contributed by atoms with Crippen molar-refractivity contribution in [1.82, 2.24) is 0 Å². The van der Waals surface area contributed by atoms with Crippen molar-refractivity contribution in [3.8, 4) is 5.75 Å². The summed E-state index contributed by atoms with van der Waals surface area (Å²) in [6.07, 6.45) is 1.99. The number of nitrogens with one attached hydrogen (secondary N) is 1. The van der Waals surface area contributed by atoms with Crippen LogP contribution in [0.4, 0.5) is 5.69 Å². The van der Waals surface area contributed by atoms with Gasteiger partial charge in [-0.25, -0.2) is 0 Å². The minimum atomic E-state index is -0.216. The Morgan fingerprint density at radius 1 is 1.21 bits per heavy atom. The van der Waals surface area contributed by atoms with Gasteiger partial charge in [-0.2, -0.15) is 0 Å². The predicted octanol–water partition coefficient (Wildman–Crippen LogP) is 3.67. The lowest BCUT2D eigenvalue weighted by Crippen LogP contribution is -2.13. The fourth-order valence-corrected chi connectivity index (χ4v) is 2.23. The highest BCUT2D eigenvalue weighted by Crippen LogP contribution is 2.22. The molecule has 0 radical (unpaired) electrons. The van der Waals surface area contributed by atoms with E-state index in [9.17, 15) is 9.90 Å². The second kappa shape index (κ2) is 5.80. The molecule has 0 aliphatic carbocycles. The molecule has 1 amide bonds. The number of anilines is 1. The van der Waals surface area contributed by atoms with Crippen LogP contribution in [0.2, 0.25) is 0 Å². The molecule has 0 saturated carbocycles. The van der Waals surface area contributed by atoms with E-state index in [2.05, 4.69) is 5.32 Å². The van der Waals surface area contributed by atoms with Crippen LogP contribution in [-0.4, -0.2) is 17.3 Å². The maximum Gasteiger partial charge on any atom is 0.256 e. The third-order valence-electron chi connectivity index (χ3n) is 2.88. The van der Waals surface area contributed by atoms with E-state index in [1.165, 1.54) is 0 Å². The van der Waals surface area contributed by atoms with Crippen LogP contribution in [0.3, 0.4) is 0 Å². The van der Waals surface area contributed by atoms with E-state index in [1.54, 1.807) is 36.9 Å². The molecule has 3 nitrogen and oxygen atoms in total. The molecule has 2 aromatic carbocycles. The molecule has 0 spiro atoms. The van der Waals surface area contributed by atoms with Gasteiger partial charge >= 0.3 is 0 Å². The summed E-state index contributed by atoms with van der Waals surface area (Å²) in [4.78, 5) is 13.2. The van der Waals surface area contributed by atoms with Crippen LogP contribution in [0.15, 0.2) is 47.4 Å². The van der Waals surface area contributed by atoms with Gasteiger partial charge in [0.05, 0.1) is 0 Å². The lowest BCUT2D eigenvalue weighted by molar-refractivity contribution is 0.102. The van der Waals surface area contributed by atoms with E-state index in [-0.39, 0.29) is 11.7 Å². The molecule has 0 aliphatic heterocycles. The third-order valence-corrected chi connectivity index (χ3v) is 3.60. The van der Waals surface area contributed by atoms with Gasteiger partial charge in [0.15, 0.2) is 0 Å². The molecule has 0 unspecified atom stereocenters. The molecular formula is C15H15NO2S. The largest absolute Gasteiger partial charge is 0.508 e. The summed E-state index contributed by atoms with van der Waals surface area (Å²) < 4.78 is 0. The molecule has 19 heavy (non-hydrogen) atoms. The Bertz CT molecular complexity index is 611. The van der Waals surface area contributed by atoms with Gasteiger partial charge in [-0.1, -0.05) is 12.1 Å². The summed E-state index contributed by atoms with van der Waals surface area (Å²) in [6, 6.07) is 12.6. The molecule has 0 heterocycles. The molecule has 0 aromatic heterocycles. The fraction of sp³-hybridized carbons (Fsp3) is 0.133. The third kappa shape index (κ3) is 3.09. The first kappa shape index (κ1) is 13.5. The Labute approximate surface area is 116 Å². The van der Waals surface area contributed by atoms with Crippen LogP contribution in [0.5, 0.6) is 5.75 Å². The van der Waals surface area contributed by atoms with Crippen LogP contribution in [0, 0.1) is 6.92 Å². The van der Waals surface area contributed by atoms with Gasteiger partial charge in [0, 0.05) is 21.7 Å². The second-order valence-electron chi connectivity index (χ2n) is 4.14. The summed E-state index contributed by atoms with van der Waals surface area (Å²) in [6.45, 7) is 1.72. The Kier molecular flexibility index (Phi) is 4.12. The van der Waals surface area contributed by atoms with E-state index in [0.717, 1.165) is 10.6 Å². The first-order valence-electron chi connectivity index (χ1n) is 5.86. The summed E-state index contributed by atoms with van der Waals surface area (Å²) in [7, 11) is 0. The Hall–Kier alpha value is -1.94. The molecule has 0 atom stereocenters. The van der Waals surface area contributed by atoms with E-state index in [1.807, 2.05) is 30.5 Å². The van der Waals surface area contributed by atoms with Gasteiger partial charge in [0.2, 0.25) is 0 Å². The normalized spacial score (nSPS) is 10.2. The van der Waals surface area contributed by atoms with Crippen molar-refractivity contribution in [2.75, 3.05) is 11.6 Å². The highest BCUT2D eigenvalue weighted by Gasteiger charge is 2.11. The zero-order valence-electron chi connectivity index (χ0n) is 10.8. The molecule has 0 saturated heterocycles. The Morgan fingerprint density at radius 2 is 1.95 bits per heavy atom. The first-order chi connectivity index (χ1) is 9.11. The van der Waals surface area contributed by atoms with E-state index >= 15 is 0 Å². The summed E-state index contributed by atoms with van der Waals surface area (Å²) in [5, 5.41) is 12.5. The average Bonchev–Trinajstić information content (AvgIpc) is 2.42. The van der Waals surface area contributed by atoms with E-state index in [4.69, 9.17) is 0 Å². The molecule has 0 aliphatic rings. The number of carbonyl (C=O) groups excluding carboxylic acids is 1. The van der Waals surface area contributed by atoms with Gasteiger partial charge in [-0.05, 0) is 43.5 Å². The SMILES string of the molecule is CSc1cccc(NC(=O)c2cccc(O)c2C)c1. The molecule has 2 N–H and O–H groups in total. The van der Waals surface area contributed by atoms with Crippen LogP contribution in [0.25, 0.3) is 0 Å². The lowest BCUT2D eigenvalue weighted by atomic mass is 10.1. The van der Waals surface area contributed by atoms with Gasteiger partial charge in [0.1, 0.15) is 5.75 Å². The zero-order chi connectivity index (χ0) is 13.8. The summed E-state index contributed by atoms with van der Waals surface area (Å²) >= 11 is 1.62. The molecule has 2 aromatic rings. The number of benzene rings is 2. The maximum absolute atomic E-state index is 12.2. The summed E-state index contributed by atoms with van der Waals surface area (Å²) in [5.41, 5.74) is 1.81. The molecule has 4 heteroatoms. The number of thioether (sulfide) groups is 1. The van der Waals surface area contributed by atoms with E-state index in [0.29, 0.717) is 11.1 Å². The van der Waals surface area contributed by atoms with Crippen molar-refractivity contribution in [2.45, 2.75) is 11.8 Å². The van der Waals surface area contributed by atoms with Crippen molar-refractivity contribution in [2.24, 2.45) is 0 Å². The molecule has 0 fully saturated rings. The molecular weight excluding hydrogens is 258 g/mol. The Balaban J connectivity index is 2.23. The first-order valence-corrected chi connectivity index (χ1v) is 7.08. The molecule has 98 valence electrons. The number of carbonyl (C=O) groups is 1. The summed E-state index contributed by atoms with van der Waals surface area (Å²) in [5.74, 6) is -0.0860. The quantitative estimate of drug-likeness (QED) is 0.839. The van der Waals surface area contributed by atoms with Crippen LogP contribution < -0.4 is 5.32 Å². The van der Waals surface area contributed by atoms with Crippen molar-refractivity contribution in [3.63, 3.8) is 0 Å². The minimum Gasteiger partial charge on any atom is -0.508 e. The number of hydrogen-bond acceptors (Lipinski definition) is 3. The monoisotopic (exact) mass is 273 g/mol. The standard InChI is InChI=1S/C15H15NO2S/c1-10-13(7-4-8-14(10)17)15(18)16-11-5-3-6-12(9-11)19-2/h3-9,17H,1-2H3,(H,16,18). The van der Waals surface area contributed by atoms with Crippen molar-refractivity contribution in [1.29, 1.82) is 0 Å². The van der Waals surface area contributed by atoms with Gasteiger partial charge in [0.25, 0.3) is 5.91 Å².